The summed E-state index contributed by atoms with van der Waals surface area (Å²) in [7, 11) is 1.60. The monoisotopic (exact) mass is 552 g/mol. The van der Waals surface area contributed by atoms with Gasteiger partial charge in [0.25, 0.3) is 5.91 Å². The normalized spacial score (nSPS) is 19.2. The summed E-state index contributed by atoms with van der Waals surface area (Å²) in [5.41, 5.74) is 11.1. The minimum absolute atomic E-state index is 0.0366. The maximum absolute atomic E-state index is 14.3. The van der Waals surface area contributed by atoms with E-state index in [-0.39, 0.29) is 24.9 Å². The van der Waals surface area contributed by atoms with Gasteiger partial charge in [-0.05, 0) is 61.1 Å². The standard InChI is InChI=1S/C32H33FN6O2/c1-41-29-13-23(32(40)37-18-24(33)14-25(34)19-37)11-26-30(29)39(17-21-5-4-10-35-15-21)31(36-26)28-12-22-6-2-3-7-27(22)38(28)16-20-8-9-20/h2-7,10-13,15,20,24-25H,8-9,14,16-19,34H2,1H3/t24-,25-/m1/s1. The molecule has 0 spiro atoms. The first-order chi connectivity index (χ1) is 20.0. The number of likely N-dealkylation sites (tertiary alicyclic amines) is 1. The number of aromatic nitrogens is 4. The number of para-hydroxylation sites is 1. The van der Waals surface area contributed by atoms with E-state index >= 15 is 0 Å². The Bertz CT molecular complexity index is 1730. The lowest BCUT2D eigenvalue weighted by Crippen LogP contribution is -2.50. The fraction of sp³-hybridized carbons (Fsp3) is 0.344. The molecule has 210 valence electrons. The van der Waals surface area contributed by atoms with Crippen LogP contribution in [0.25, 0.3) is 33.5 Å². The maximum Gasteiger partial charge on any atom is 0.254 e. The van der Waals surface area contributed by atoms with E-state index in [2.05, 4.69) is 44.5 Å². The molecule has 7 rings (SSSR count). The van der Waals surface area contributed by atoms with Crippen LogP contribution in [0.2, 0.25) is 0 Å². The van der Waals surface area contributed by atoms with Crippen LogP contribution >= 0.6 is 0 Å². The Morgan fingerprint density at radius 1 is 1.10 bits per heavy atom. The highest BCUT2D eigenvalue weighted by Gasteiger charge is 2.31. The van der Waals surface area contributed by atoms with E-state index in [0.29, 0.717) is 35.8 Å². The molecule has 2 aliphatic rings. The Morgan fingerprint density at radius 2 is 1.95 bits per heavy atom. The predicted molar refractivity (Wildman–Crippen MR) is 157 cm³/mol. The predicted octanol–water partition coefficient (Wildman–Crippen LogP) is 5.03. The van der Waals surface area contributed by atoms with Crippen molar-refractivity contribution in [1.29, 1.82) is 0 Å². The molecule has 3 aromatic heterocycles. The first-order valence-electron chi connectivity index (χ1n) is 14.2. The average molecular weight is 553 g/mol. The number of nitrogens with zero attached hydrogens (tertiary/aromatic N) is 5. The highest BCUT2D eigenvalue weighted by atomic mass is 19.1. The topological polar surface area (TPSA) is 91.2 Å². The number of benzene rings is 2. The summed E-state index contributed by atoms with van der Waals surface area (Å²) in [4.78, 5) is 24.5. The number of imidazole rings is 1. The second-order valence-electron chi connectivity index (χ2n) is 11.4. The molecule has 5 aromatic rings. The summed E-state index contributed by atoms with van der Waals surface area (Å²) < 4.78 is 24.7. The highest BCUT2D eigenvalue weighted by molar-refractivity contribution is 6.00. The van der Waals surface area contributed by atoms with Gasteiger partial charge in [-0.3, -0.25) is 9.78 Å². The van der Waals surface area contributed by atoms with E-state index in [9.17, 15) is 9.18 Å². The highest BCUT2D eigenvalue weighted by Crippen LogP contribution is 2.38. The zero-order chi connectivity index (χ0) is 28.1. The lowest BCUT2D eigenvalue weighted by Gasteiger charge is -2.33. The van der Waals surface area contributed by atoms with Gasteiger partial charge in [0.1, 0.15) is 17.4 Å². The maximum atomic E-state index is 14.3. The van der Waals surface area contributed by atoms with E-state index in [1.807, 2.05) is 18.3 Å². The quantitative estimate of drug-likeness (QED) is 0.306. The number of halogens is 1. The molecule has 41 heavy (non-hydrogen) atoms. The summed E-state index contributed by atoms with van der Waals surface area (Å²) in [6, 6.07) is 17.7. The van der Waals surface area contributed by atoms with Crippen LogP contribution in [0.4, 0.5) is 4.39 Å². The molecule has 0 unspecified atom stereocenters. The van der Waals surface area contributed by atoms with Gasteiger partial charge in [-0.2, -0.15) is 0 Å². The fourth-order valence-corrected chi connectivity index (χ4v) is 6.11. The number of ether oxygens (including phenoxy) is 1. The molecule has 2 N–H and O–H groups in total. The zero-order valence-corrected chi connectivity index (χ0v) is 23.0. The summed E-state index contributed by atoms with van der Waals surface area (Å²) >= 11 is 0. The lowest BCUT2D eigenvalue weighted by molar-refractivity contribution is 0.0606. The van der Waals surface area contributed by atoms with E-state index in [1.165, 1.54) is 23.3 Å². The average Bonchev–Trinajstić information content (AvgIpc) is 3.63. The van der Waals surface area contributed by atoms with Gasteiger partial charge >= 0.3 is 0 Å². The minimum atomic E-state index is -1.13. The second kappa shape index (κ2) is 10.3. The molecule has 1 aliphatic heterocycles. The Labute approximate surface area is 237 Å². The molecule has 8 nitrogen and oxygen atoms in total. The van der Waals surface area contributed by atoms with Crippen molar-refractivity contribution in [1.82, 2.24) is 24.0 Å². The molecule has 1 amide bonds. The second-order valence-corrected chi connectivity index (χ2v) is 11.4. The summed E-state index contributed by atoms with van der Waals surface area (Å²) in [5.74, 6) is 1.73. The van der Waals surface area contributed by atoms with Gasteiger partial charge in [-0.1, -0.05) is 24.3 Å². The number of alkyl halides is 1. The summed E-state index contributed by atoms with van der Waals surface area (Å²) in [5, 5.41) is 1.16. The first kappa shape index (κ1) is 25.7. The van der Waals surface area contributed by atoms with E-state index in [1.54, 1.807) is 25.4 Å². The van der Waals surface area contributed by atoms with Crippen molar-refractivity contribution in [2.45, 2.75) is 44.6 Å². The Morgan fingerprint density at radius 3 is 2.71 bits per heavy atom. The SMILES string of the molecule is COc1cc(C(=O)N2C[C@H](N)C[C@@H](F)C2)cc2nc(-c3cc4ccccc4n3CC3CC3)n(Cc3cccnc3)c12. The van der Waals surface area contributed by atoms with Crippen molar-refractivity contribution >= 4 is 27.8 Å². The molecular weight excluding hydrogens is 519 g/mol. The zero-order valence-electron chi connectivity index (χ0n) is 23.0. The first-order valence-corrected chi connectivity index (χ1v) is 14.2. The van der Waals surface area contributed by atoms with Gasteiger partial charge in [0.15, 0.2) is 5.82 Å². The van der Waals surface area contributed by atoms with Crippen molar-refractivity contribution in [3.63, 3.8) is 0 Å². The van der Waals surface area contributed by atoms with Gasteiger partial charge < -0.3 is 24.5 Å². The molecule has 0 bridgehead atoms. The Hall–Kier alpha value is -4.24. The van der Waals surface area contributed by atoms with Gasteiger partial charge in [0.05, 0.1) is 31.4 Å². The number of hydrogen-bond donors (Lipinski definition) is 1. The largest absolute Gasteiger partial charge is 0.494 e. The fourth-order valence-electron chi connectivity index (χ4n) is 6.11. The van der Waals surface area contributed by atoms with Crippen LogP contribution in [0.5, 0.6) is 5.75 Å². The Balaban J connectivity index is 1.41. The van der Waals surface area contributed by atoms with Crippen LogP contribution in [0.1, 0.15) is 35.2 Å². The van der Waals surface area contributed by atoms with Gasteiger partial charge in [0, 0.05) is 48.0 Å². The molecular formula is C32H33FN6O2. The third-order valence-corrected chi connectivity index (χ3v) is 8.23. The van der Waals surface area contributed by atoms with Crippen LogP contribution in [-0.2, 0) is 13.1 Å². The van der Waals surface area contributed by atoms with Crippen LogP contribution in [0.15, 0.2) is 67.0 Å². The van der Waals surface area contributed by atoms with Gasteiger partial charge in [-0.25, -0.2) is 9.37 Å². The number of fused-ring (bicyclic) bond motifs is 2. The number of piperidine rings is 1. The molecule has 1 saturated heterocycles. The number of hydrogen-bond acceptors (Lipinski definition) is 5. The molecule has 9 heteroatoms. The molecule has 1 aliphatic carbocycles. The van der Waals surface area contributed by atoms with Crippen molar-refractivity contribution < 1.29 is 13.9 Å². The van der Waals surface area contributed by atoms with Crippen molar-refractivity contribution in [3.05, 3.63) is 78.1 Å². The smallest absolute Gasteiger partial charge is 0.254 e. The number of nitrogens with two attached hydrogens (primary N) is 1. The van der Waals surface area contributed by atoms with E-state index in [0.717, 1.165) is 34.5 Å². The number of amides is 1. The van der Waals surface area contributed by atoms with Crippen LogP contribution in [0, 0.1) is 5.92 Å². The summed E-state index contributed by atoms with van der Waals surface area (Å²) in [6.45, 7) is 1.81. The van der Waals surface area contributed by atoms with Gasteiger partial charge in [-0.15, -0.1) is 0 Å². The number of carbonyl (C=O) groups is 1. The Kier molecular flexibility index (Phi) is 6.46. The number of rotatable bonds is 7. The number of methoxy groups -OCH3 is 1. The van der Waals surface area contributed by atoms with Crippen LogP contribution in [0.3, 0.4) is 0 Å². The minimum Gasteiger partial charge on any atom is -0.494 e. The molecule has 4 heterocycles. The molecule has 0 radical (unpaired) electrons. The molecule has 1 saturated carbocycles. The molecule has 2 atom stereocenters. The third kappa shape index (κ3) is 4.84. The summed E-state index contributed by atoms with van der Waals surface area (Å²) in [6.07, 6.45) is 5.22. The third-order valence-electron chi connectivity index (χ3n) is 8.23. The van der Waals surface area contributed by atoms with Crippen molar-refractivity contribution in [2.24, 2.45) is 11.7 Å². The van der Waals surface area contributed by atoms with Crippen molar-refractivity contribution in [2.75, 3.05) is 20.2 Å². The number of pyridine rings is 1. The van der Waals surface area contributed by atoms with Crippen LogP contribution < -0.4 is 10.5 Å². The van der Waals surface area contributed by atoms with Crippen LogP contribution in [-0.4, -0.2) is 62.3 Å². The van der Waals surface area contributed by atoms with E-state index < -0.39 is 6.17 Å². The van der Waals surface area contributed by atoms with Gasteiger partial charge in [0.2, 0.25) is 0 Å². The molecule has 2 aromatic carbocycles. The molecule has 2 fully saturated rings. The van der Waals surface area contributed by atoms with Crippen molar-refractivity contribution in [3.8, 4) is 17.3 Å². The number of carbonyl (C=O) groups excluding carboxylic acids is 1. The van der Waals surface area contributed by atoms with E-state index in [4.69, 9.17) is 15.5 Å². The lowest BCUT2D eigenvalue weighted by atomic mass is 10.0.